The van der Waals surface area contributed by atoms with Gasteiger partial charge in [-0.05, 0) is 30.5 Å². The predicted molar refractivity (Wildman–Crippen MR) is 129 cm³/mol. The minimum Gasteiger partial charge on any atom is -0.367 e. The van der Waals surface area contributed by atoms with Crippen LogP contribution in [-0.2, 0) is 16.0 Å². The maximum Gasteiger partial charge on any atom is 0.251 e. The first-order chi connectivity index (χ1) is 15.7. The Morgan fingerprint density at radius 2 is 1.72 bits per heavy atom. The number of amides is 2. The van der Waals surface area contributed by atoms with Crippen molar-refractivity contribution in [1.29, 1.82) is 0 Å². The molecule has 2 aromatic carbocycles. The fraction of sp³-hybridized carbons (Fsp3) is 0.308. The van der Waals surface area contributed by atoms with Crippen LogP contribution >= 0.6 is 0 Å². The average molecular weight is 431 g/mol. The van der Waals surface area contributed by atoms with Crippen LogP contribution in [0.3, 0.4) is 0 Å². The number of hydrogen-bond donors (Lipinski definition) is 3. The first kappa shape index (κ1) is 21.8. The van der Waals surface area contributed by atoms with Gasteiger partial charge in [-0.3, -0.25) is 9.59 Å². The summed E-state index contributed by atoms with van der Waals surface area (Å²) in [6.07, 6.45) is 7.94. The summed E-state index contributed by atoms with van der Waals surface area (Å²) in [5.41, 5.74) is 3.38. The zero-order valence-corrected chi connectivity index (χ0v) is 18.2. The normalized spacial score (nSPS) is 16.8. The molecule has 166 valence electrons. The van der Waals surface area contributed by atoms with E-state index in [1.807, 2.05) is 72.8 Å². The molecule has 2 amide bonds. The highest BCUT2D eigenvalue weighted by molar-refractivity contribution is 6.03. The molecule has 1 fully saturated rings. The second kappa shape index (κ2) is 10.8. The summed E-state index contributed by atoms with van der Waals surface area (Å²) in [5, 5.41) is 9.40. The second-order valence-corrected chi connectivity index (χ2v) is 8.10. The lowest BCUT2D eigenvalue weighted by Crippen LogP contribution is -2.46. The number of anilines is 2. The quantitative estimate of drug-likeness (QED) is 0.631. The lowest BCUT2D eigenvalue weighted by molar-refractivity contribution is -0.124. The van der Waals surface area contributed by atoms with E-state index in [-0.39, 0.29) is 11.8 Å². The van der Waals surface area contributed by atoms with E-state index in [4.69, 9.17) is 0 Å². The Morgan fingerprint density at radius 1 is 0.969 bits per heavy atom. The summed E-state index contributed by atoms with van der Waals surface area (Å²) < 4.78 is 0. The zero-order chi connectivity index (χ0) is 22.2. The number of para-hydroxylation sites is 2. The minimum absolute atomic E-state index is 0.215. The summed E-state index contributed by atoms with van der Waals surface area (Å²) in [6.45, 7) is 3.60. The van der Waals surface area contributed by atoms with Crippen LogP contribution in [-0.4, -0.2) is 44.0 Å². The van der Waals surface area contributed by atoms with Crippen LogP contribution in [0.25, 0.3) is 0 Å². The molecule has 0 radical (unpaired) electrons. The number of rotatable bonds is 7. The van der Waals surface area contributed by atoms with Gasteiger partial charge in [0.05, 0.1) is 11.4 Å². The van der Waals surface area contributed by atoms with Gasteiger partial charge >= 0.3 is 0 Å². The largest absolute Gasteiger partial charge is 0.367 e. The van der Waals surface area contributed by atoms with Crippen molar-refractivity contribution in [2.24, 2.45) is 0 Å². The van der Waals surface area contributed by atoms with Crippen LogP contribution in [0.15, 0.2) is 78.4 Å². The highest BCUT2D eigenvalue weighted by Crippen LogP contribution is 2.26. The van der Waals surface area contributed by atoms with E-state index in [9.17, 15) is 9.59 Å². The first-order valence-electron chi connectivity index (χ1n) is 11.3. The SMILES string of the molecule is O=C(NC(Cc1ccccc1)C(=O)Nc1ccccc1N1CCNCC1)C1=CCCC=C1. The maximum atomic E-state index is 13.4. The summed E-state index contributed by atoms with van der Waals surface area (Å²) in [4.78, 5) is 28.5. The van der Waals surface area contributed by atoms with Gasteiger partial charge in [-0.25, -0.2) is 0 Å². The monoisotopic (exact) mass is 430 g/mol. The van der Waals surface area contributed by atoms with Gasteiger partial charge in [0.1, 0.15) is 6.04 Å². The van der Waals surface area contributed by atoms with Crippen LogP contribution in [0.1, 0.15) is 18.4 Å². The highest BCUT2D eigenvalue weighted by Gasteiger charge is 2.24. The van der Waals surface area contributed by atoms with Gasteiger partial charge in [-0.2, -0.15) is 0 Å². The van der Waals surface area contributed by atoms with Crippen LogP contribution in [0.4, 0.5) is 11.4 Å². The molecule has 0 bridgehead atoms. The number of carbonyl (C=O) groups excluding carboxylic acids is 2. The number of benzene rings is 2. The summed E-state index contributed by atoms with van der Waals surface area (Å²) >= 11 is 0. The van der Waals surface area contributed by atoms with E-state index < -0.39 is 6.04 Å². The predicted octanol–water partition coefficient (Wildman–Crippen LogP) is 3.04. The molecule has 6 nitrogen and oxygen atoms in total. The molecule has 6 heteroatoms. The Hall–Kier alpha value is -3.38. The Bertz CT molecular complexity index is 994. The fourth-order valence-electron chi connectivity index (χ4n) is 4.06. The molecule has 1 heterocycles. The number of nitrogens with one attached hydrogen (secondary N) is 3. The standard InChI is InChI=1S/C26H30N4O2/c31-25(21-11-5-2-6-12-21)29-23(19-20-9-3-1-4-10-20)26(32)28-22-13-7-8-14-24(22)30-17-15-27-16-18-30/h1,3-5,7-14,23,27H,2,6,15-19H2,(H,28,32)(H,29,31). The molecular formula is C26H30N4O2. The zero-order valence-electron chi connectivity index (χ0n) is 18.2. The molecule has 1 aliphatic carbocycles. The van der Waals surface area contributed by atoms with E-state index in [1.54, 1.807) is 0 Å². The Morgan fingerprint density at radius 3 is 2.47 bits per heavy atom. The molecule has 1 atom stereocenters. The number of nitrogens with zero attached hydrogens (tertiary/aromatic N) is 1. The average Bonchev–Trinajstić information content (AvgIpc) is 2.85. The molecule has 3 N–H and O–H groups in total. The number of piperazine rings is 1. The number of hydrogen-bond acceptors (Lipinski definition) is 4. The Labute approximate surface area is 189 Å². The molecule has 0 saturated carbocycles. The minimum atomic E-state index is -0.683. The van der Waals surface area contributed by atoms with E-state index in [1.165, 1.54) is 0 Å². The van der Waals surface area contributed by atoms with E-state index in [0.29, 0.717) is 12.0 Å². The Balaban J connectivity index is 1.53. The van der Waals surface area contributed by atoms with Gasteiger partial charge in [0.25, 0.3) is 5.91 Å². The number of carbonyl (C=O) groups is 2. The lowest BCUT2D eigenvalue weighted by Gasteiger charge is -2.31. The van der Waals surface area contributed by atoms with Crippen molar-refractivity contribution < 1.29 is 9.59 Å². The molecule has 4 rings (SSSR count). The van der Waals surface area contributed by atoms with Gasteiger partial charge in [-0.15, -0.1) is 0 Å². The molecule has 1 aliphatic heterocycles. The van der Waals surface area contributed by atoms with Crippen LogP contribution in [0.5, 0.6) is 0 Å². The molecule has 2 aromatic rings. The van der Waals surface area contributed by atoms with Crippen molar-refractivity contribution in [2.45, 2.75) is 25.3 Å². The molecule has 0 spiro atoms. The van der Waals surface area contributed by atoms with E-state index in [2.05, 4.69) is 20.9 Å². The molecular weight excluding hydrogens is 400 g/mol. The lowest BCUT2D eigenvalue weighted by atomic mass is 10.0. The van der Waals surface area contributed by atoms with Crippen molar-refractivity contribution in [2.75, 3.05) is 36.4 Å². The van der Waals surface area contributed by atoms with Crippen LogP contribution in [0.2, 0.25) is 0 Å². The summed E-state index contributed by atoms with van der Waals surface area (Å²) in [5.74, 6) is -0.433. The topological polar surface area (TPSA) is 73.5 Å². The van der Waals surface area contributed by atoms with Gasteiger partial charge in [0.15, 0.2) is 0 Å². The van der Waals surface area contributed by atoms with Gasteiger partial charge in [0, 0.05) is 38.2 Å². The molecule has 32 heavy (non-hydrogen) atoms. The van der Waals surface area contributed by atoms with Gasteiger partial charge < -0.3 is 20.9 Å². The third-order valence-corrected chi connectivity index (χ3v) is 5.78. The van der Waals surface area contributed by atoms with Crippen molar-refractivity contribution >= 4 is 23.2 Å². The fourth-order valence-corrected chi connectivity index (χ4v) is 4.06. The first-order valence-corrected chi connectivity index (χ1v) is 11.3. The highest BCUT2D eigenvalue weighted by atomic mass is 16.2. The molecule has 0 aromatic heterocycles. The van der Waals surface area contributed by atoms with E-state index in [0.717, 1.165) is 56.0 Å². The molecule has 2 aliphatic rings. The maximum absolute atomic E-state index is 13.4. The van der Waals surface area contributed by atoms with Gasteiger partial charge in [0.2, 0.25) is 5.91 Å². The summed E-state index contributed by atoms with van der Waals surface area (Å²) in [6, 6.07) is 16.9. The van der Waals surface area contributed by atoms with Crippen LogP contribution < -0.4 is 20.9 Å². The van der Waals surface area contributed by atoms with Crippen LogP contribution in [0, 0.1) is 0 Å². The van der Waals surface area contributed by atoms with Crippen molar-refractivity contribution in [3.05, 3.63) is 84.0 Å². The van der Waals surface area contributed by atoms with Crippen molar-refractivity contribution in [1.82, 2.24) is 10.6 Å². The Kier molecular flexibility index (Phi) is 7.35. The van der Waals surface area contributed by atoms with Crippen molar-refractivity contribution in [3.63, 3.8) is 0 Å². The van der Waals surface area contributed by atoms with E-state index >= 15 is 0 Å². The van der Waals surface area contributed by atoms with Crippen molar-refractivity contribution in [3.8, 4) is 0 Å². The van der Waals surface area contributed by atoms with Gasteiger partial charge in [-0.1, -0.05) is 60.7 Å². The number of allylic oxidation sites excluding steroid dienone is 2. The summed E-state index contributed by atoms with van der Waals surface area (Å²) in [7, 11) is 0. The molecule has 1 saturated heterocycles. The second-order valence-electron chi connectivity index (χ2n) is 8.10. The molecule has 1 unspecified atom stereocenters. The smallest absolute Gasteiger partial charge is 0.251 e. The third-order valence-electron chi connectivity index (χ3n) is 5.78. The third kappa shape index (κ3) is 5.65.